The fourth-order valence-corrected chi connectivity index (χ4v) is 1.21. The number of hydrogen-bond donors (Lipinski definition) is 0. The summed E-state index contributed by atoms with van der Waals surface area (Å²) in [7, 11) is 1.35. The van der Waals surface area contributed by atoms with Gasteiger partial charge in [0.15, 0.2) is 0 Å². The van der Waals surface area contributed by atoms with Crippen molar-refractivity contribution in [1.82, 2.24) is 15.0 Å². The Balaban J connectivity index is 2.29. The number of aromatic nitrogens is 3. The van der Waals surface area contributed by atoms with Crippen molar-refractivity contribution in [3.05, 3.63) is 42.2 Å². The maximum absolute atomic E-state index is 11.2. The van der Waals surface area contributed by atoms with Crippen LogP contribution in [0.5, 0.6) is 0 Å². The lowest BCUT2D eigenvalue weighted by Gasteiger charge is -2.01. The molecule has 0 aliphatic rings. The van der Waals surface area contributed by atoms with Crippen LogP contribution >= 0.6 is 0 Å². The van der Waals surface area contributed by atoms with Crippen molar-refractivity contribution in [3.63, 3.8) is 0 Å². The normalized spacial score (nSPS) is 9.93. The molecule has 1 heterocycles. The standard InChI is InChI=1S/C10H9N3O2/c1-15-10(14)8-2-4-9(5-3-8)13-7-6-11-12-13/h2-7H,1H3. The fraction of sp³-hybridized carbons (Fsp3) is 0.100. The second-order valence-electron chi connectivity index (χ2n) is 2.89. The first-order valence-corrected chi connectivity index (χ1v) is 4.36. The van der Waals surface area contributed by atoms with Crippen LogP contribution in [0.3, 0.4) is 0 Å². The smallest absolute Gasteiger partial charge is 0.337 e. The van der Waals surface area contributed by atoms with E-state index in [1.165, 1.54) is 7.11 Å². The fourth-order valence-electron chi connectivity index (χ4n) is 1.21. The molecule has 0 aliphatic heterocycles. The van der Waals surface area contributed by atoms with E-state index in [-0.39, 0.29) is 5.97 Å². The summed E-state index contributed by atoms with van der Waals surface area (Å²) in [6, 6.07) is 6.92. The van der Waals surface area contributed by atoms with Crippen LogP contribution in [-0.2, 0) is 4.74 Å². The molecule has 5 nitrogen and oxygen atoms in total. The summed E-state index contributed by atoms with van der Waals surface area (Å²) in [5.41, 5.74) is 1.36. The molecule has 2 rings (SSSR count). The predicted molar refractivity (Wildman–Crippen MR) is 52.7 cm³/mol. The van der Waals surface area contributed by atoms with Crippen LogP contribution in [0.15, 0.2) is 36.7 Å². The van der Waals surface area contributed by atoms with E-state index in [0.717, 1.165) is 5.69 Å². The molecule has 0 radical (unpaired) electrons. The van der Waals surface area contributed by atoms with Gasteiger partial charge >= 0.3 is 5.97 Å². The Morgan fingerprint density at radius 1 is 1.33 bits per heavy atom. The zero-order valence-corrected chi connectivity index (χ0v) is 8.12. The highest BCUT2D eigenvalue weighted by atomic mass is 16.5. The van der Waals surface area contributed by atoms with Gasteiger partial charge < -0.3 is 4.74 Å². The number of carbonyl (C=O) groups excluding carboxylic acids is 1. The minimum atomic E-state index is -0.347. The van der Waals surface area contributed by atoms with Crippen LogP contribution in [0.4, 0.5) is 0 Å². The minimum Gasteiger partial charge on any atom is -0.465 e. The SMILES string of the molecule is COC(=O)c1ccc(-n2ccnn2)cc1. The van der Waals surface area contributed by atoms with E-state index in [9.17, 15) is 4.79 Å². The van der Waals surface area contributed by atoms with Crippen LogP contribution in [0.25, 0.3) is 5.69 Å². The van der Waals surface area contributed by atoms with Crippen LogP contribution in [-0.4, -0.2) is 28.1 Å². The molecule has 0 spiro atoms. The maximum Gasteiger partial charge on any atom is 0.337 e. The third-order valence-electron chi connectivity index (χ3n) is 1.98. The number of esters is 1. The summed E-state index contributed by atoms with van der Waals surface area (Å²) in [5, 5.41) is 7.53. The van der Waals surface area contributed by atoms with Gasteiger partial charge in [0.05, 0.1) is 30.8 Å². The Bertz CT molecular complexity index is 448. The Labute approximate surface area is 86.3 Å². The van der Waals surface area contributed by atoms with Crippen LogP contribution in [0.2, 0.25) is 0 Å². The quantitative estimate of drug-likeness (QED) is 0.684. The largest absolute Gasteiger partial charge is 0.465 e. The van der Waals surface area contributed by atoms with E-state index in [0.29, 0.717) is 5.56 Å². The van der Waals surface area contributed by atoms with Gasteiger partial charge in [-0.3, -0.25) is 0 Å². The predicted octanol–water partition coefficient (Wildman–Crippen LogP) is 1.05. The van der Waals surface area contributed by atoms with Crippen LogP contribution in [0, 0.1) is 0 Å². The molecular formula is C10H9N3O2. The minimum absolute atomic E-state index is 0.347. The molecule has 1 aromatic heterocycles. The highest BCUT2D eigenvalue weighted by Crippen LogP contribution is 2.08. The molecule has 0 saturated heterocycles. The second kappa shape index (κ2) is 3.91. The molecule has 5 heteroatoms. The van der Waals surface area contributed by atoms with Gasteiger partial charge in [-0.2, -0.15) is 0 Å². The lowest BCUT2D eigenvalue weighted by Crippen LogP contribution is -2.02. The molecular weight excluding hydrogens is 194 g/mol. The van der Waals surface area contributed by atoms with Crippen LogP contribution < -0.4 is 0 Å². The van der Waals surface area contributed by atoms with E-state index in [2.05, 4.69) is 15.0 Å². The molecule has 0 amide bonds. The Morgan fingerprint density at radius 2 is 2.07 bits per heavy atom. The third kappa shape index (κ3) is 1.85. The zero-order valence-electron chi connectivity index (χ0n) is 8.12. The Hall–Kier alpha value is -2.17. The molecule has 0 N–H and O–H groups in total. The molecule has 0 atom stereocenters. The molecule has 2 aromatic rings. The number of benzene rings is 1. The summed E-state index contributed by atoms with van der Waals surface area (Å²) in [4.78, 5) is 11.2. The number of nitrogens with zero attached hydrogens (tertiary/aromatic N) is 3. The number of carbonyl (C=O) groups is 1. The van der Waals surface area contributed by atoms with Crippen molar-refractivity contribution in [3.8, 4) is 5.69 Å². The third-order valence-corrected chi connectivity index (χ3v) is 1.98. The second-order valence-corrected chi connectivity index (χ2v) is 2.89. The highest BCUT2D eigenvalue weighted by Gasteiger charge is 2.04. The van der Waals surface area contributed by atoms with Gasteiger partial charge in [-0.1, -0.05) is 5.21 Å². The van der Waals surface area contributed by atoms with Gasteiger partial charge in [-0.25, -0.2) is 9.48 Å². The highest BCUT2D eigenvalue weighted by molar-refractivity contribution is 5.89. The van der Waals surface area contributed by atoms with E-state index in [1.807, 2.05) is 0 Å². The average Bonchev–Trinajstić information content (AvgIpc) is 2.82. The molecule has 0 aliphatic carbocycles. The average molecular weight is 203 g/mol. The number of methoxy groups -OCH3 is 1. The van der Waals surface area contributed by atoms with Crippen molar-refractivity contribution in [2.45, 2.75) is 0 Å². The van der Waals surface area contributed by atoms with E-state index in [1.54, 1.807) is 41.3 Å². The van der Waals surface area contributed by atoms with E-state index >= 15 is 0 Å². The number of ether oxygens (including phenoxy) is 1. The van der Waals surface area contributed by atoms with Crippen molar-refractivity contribution < 1.29 is 9.53 Å². The number of hydrogen-bond acceptors (Lipinski definition) is 4. The van der Waals surface area contributed by atoms with E-state index < -0.39 is 0 Å². The molecule has 0 unspecified atom stereocenters. The van der Waals surface area contributed by atoms with Gasteiger partial charge in [0.2, 0.25) is 0 Å². The van der Waals surface area contributed by atoms with Gasteiger partial charge in [-0.05, 0) is 24.3 Å². The van der Waals surface area contributed by atoms with Gasteiger partial charge in [0, 0.05) is 0 Å². The first kappa shape index (κ1) is 9.39. The lowest BCUT2D eigenvalue weighted by atomic mass is 10.2. The molecule has 15 heavy (non-hydrogen) atoms. The molecule has 0 fully saturated rings. The van der Waals surface area contributed by atoms with Crippen molar-refractivity contribution in [2.75, 3.05) is 7.11 Å². The summed E-state index contributed by atoms with van der Waals surface area (Å²) in [6.45, 7) is 0. The molecule has 0 bridgehead atoms. The maximum atomic E-state index is 11.2. The summed E-state index contributed by atoms with van der Waals surface area (Å²) in [6.07, 6.45) is 3.32. The molecule has 1 aromatic carbocycles. The summed E-state index contributed by atoms with van der Waals surface area (Å²) < 4.78 is 6.21. The van der Waals surface area contributed by atoms with Crippen molar-refractivity contribution >= 4 is 5.97 Å². The monoisotopic (exact) mass is 203 g/mol. The zero-order chi connectivity index (χ0) is 10.7. The summed E-state index contributed by atoms with van der Waals surface area (Å²) in [5.74, 6) is -0.347. The van der Waals surface area contributed by atoms with Gasteiger partial charge in [0.25, 0.3) is 0 Å². The molecule has 76 valence electrons. The van der Waals surface area contributed by atoms with E-state index in [4.69, 9.17) is 0 Å². The Morgan fingerprint density at radius 3 is 2.60 bits per heavy atom. The topological polar surface area (TPSA) is 57.0 Å². The van der Waals surface area contributed by atoms with Gasteiger partial charge in [-0.15, -0.1) is 5.10 Å². The Kier molecular flexibility index (Phi) is 2.45. The summed E-state index contributed by atoms with van der Waals surface area (Å²) >= 11 is 0. The first-order chi connectivity index (χ1) is 7.31. The van der Waals surface area contributed by atoms with Gasteiger partial charge in [0.1, 0.15) is 0 Å². The number of rotatable bonds is 2. The lowest BCUT2D eigenvalue weighted by molar-refractivity contribution is 0.0601. The van der Waals surface area contributed by atoms with Crippen LogP contribution in [0.1, 0.15) is 10.4 Å². The molecule has 0 saturated carbocycles. The van der Waals surface area contributed by atoms with Crippen molar-refractivity contribution in [1.29, 1.82) is 0 Å². The first-order valence-electron chi connectivity index (χ1n) is 4.36. The van der Waals surface area contributed by atoms with Crippen molar-refractivity contribution in [2.24, 2.45) is 0 Å².